The van der Waals surface area contributed by atoms with E-state index in [1.165, 1.54) is 0 Å². The quantitative estimate of drug-likeness (QED) is 0.144. The number of ether oxygens (including phenoxy) is 1. The number of carbonyl (C=O) groups excluding carboxylic acids is 2. The number of hydrogen-bond acceptors (Lipinski definition) is 4. The highest BCUT2D eigenvalue weighted by molar-refractivity contribution is 6.39. The van der Waals surface area contributed by atoms with Crippen molar-refractivity contribution in [3.05, 3.63) is 154 Å². The molecule has 7 rings (SSSR count). The molecule has 0 radical (unpaired) electrons. The van der Waals surface area contributed by atoms with Gasteiger partial charge in [-0.3, -0.25) is 4.79 Å². The van der Waals surface area contributed by atoms with Gasteiger partial charge in [0.2, 0.25) is 5.91 Å². The average Bonchev–Trinajstić information content (AvgIpc) is 3.52. The molecule has 6 aromatic rings. The first kappa shape index (κ1) is 37.2. The molecule has 2 amide bonds. The van der Waals surface area contributed by atoms with Gasteiger partial charge in [0, 0.05) is 33.5 Å². The molecule has 54 heavy (non-hydrogen) atoms. The number of rotatable bonds is 9. The van der Waals surface area contributed by atoms with E-state index in [2.05, 4.69) is 51.7 Å². The van der Waals surface area contributed by atoms with Crippen LogP contribution in [0.25, 0.3) is 22.0 Å². The van der Waals surface area contributed by atoms with Crippen molar-refractivity contribution in [3.8, 4) is 11.1 Å². The summed E-state index contributed by atoms with van der Waals surface area (Å²) in [5, 5.41) is 13.4. The van der Waals surface area contributed by atoms with Gasteiger partial charge in [-0.25, -0.2) is 9.48 Å². The van der Waals surface area contributed by atoms with Crippen molar-refractivity contribution in [2.45, 2.75) is 57.6 Å². The zero-order chi connectivity index (χ0) is 37.9. The molecule has 1 heterocycles. The molecule has 1 aromatic heterocycles. The number of benzene rings is 5. The lowest BCUT2D eigenvalue weighted by atomic mass is 9.77. The van der Waals surface area contributed by atoms with E-state index >= 15 is 0 Å². The molecule has 7 nitrogen and oxygen atoms in total. The average molecular weight is 760 g/mol. The van der Waals surface area contributed by atoms with Crippen LogP contribution in [-0.4, -0.2) is 33.9 Å². The first-order chi connectivity index (χ1) is 26.0. The van der Waals surface area contributed by atoms with Gasteiger partial charge in [0.05, 0.1) is 5.52 Å². The summed E-state index contributed by atoms with van der Waals surface area (Å²) < 4.78 is 7.46. The van der Waals surface area contributed by atoms with Gasteiger partial charge in [0.15, 0.2) is 5.82 Å². The van der Waals surface area contributed by atoms with E-state index in [9.17, 15) is 9.59 Å². The number of nitrogens with zero attached hydrogens (tertiary/aromatic N) is 2. The van der Waals surface area contributed by atoms with Gasteiger partial charge in [-0.1, -0.05) is 126 Å². The summed E-state index contributed by atoms with van der Waals surface area (Å²) in [6, 6.07) is 42.6. The molecule has 1 aliphatic rings. The SMILES string of the molecule is CC(C)(C)OC(=O)NC[C@H]1CC[C@H](C(=O)Nc2nn(C(c3ccccc3)(c3ccccc3)c3ccccc3)c3ccc(-c4c(Cl)cccc4Cl)cc23)CC1. The normalized spacial score (nSPS) is 16.2. The van der Waals surface area contributed by atoms with E-state index in [1.807, 2.05) is 112 Å². The van der Waals surface area contributed by atoms with Crippen LogP contribution < -0.4 is 10.6 Å². The fourth-order valence-corrected chi connectivity index (χ4v) is 8.31. The Morgan fingerprint density at radius 3 is 1.80 bits per heavy atom. The first-order valence-electron chi connectivity index (χ1n) is 18.5. The molecule has 1 saturated carbocycles. The van der Waals surface area contributed by atoms with E-state index in [0.29, 0.717) is 40.8 Å². The molecule has 0 unspecified atom stereocenters. The predicted octanol–water partition coefficient (Wildman–Crippen LogP) is 11.1. The highest BCUT2D eigenvalue weighted by Crippen LogP contribution is 2.45. The van der Waals surface area contributed by atoms with Crippen molar-refractivity contribution in [2.75, 3.05) is 11.9 Å². The molecular weight excluding hydrogens is 715 g/mol. The van der Waals surface area contributed by atoms with Crippen molar-refractivity contribution in [1.82, 2.24) is 15.1 Å². The summed E-state index contributed by atoms with van der Waals surface area (Å²) in [4.78, 5) is 26.4. The Morgan fingerprint density at radius 1 is 0.741 bits per heavy atom. The molecule has 5 aromatic carbocycles. The van der Waals surface area contributed by atoms with Crippen molar-refractivity contribution < 1.29 is 14.3 Å². The molecule has 0 spiro atoms. The Morgan fingerprint density at radius 2 is 1.28 bits per heavy atom. The fourth-order valence-electron chi connectivity index (χ4n) is 7.69. The summed E-state index contributed by atoms with van der Waals surface area (Å²) in [6.07, 6.45) is 2.62. The lowest BCUT2D eigenvalue weighted by molar-refractivity contribution is -0.121. The number of hydrogen-bond donors (Lipinski definition) is 2. The van der Waals surface area contributed by atoms with Gasteiger partial charge in [0.25, 0.3) is 0 Å². The second-order valence-corrected chi connectivity index (χ2v) is 15.8. The Bertz CT molecular complexity index is 2130. The van der Waals surface area contributed by atoms with Gasteiger partial charge in [-0.2, -0.15) is 5.10 Å². The number of anilines is 1. The molecule has 276 valence electrons. The molecule has 0 bridgehead atoms. The number of fused-ring (bicyclic) bond motifs is 1. The van der Waals surface area contributed by atoms with Crippen LogP contribution >= 0.6 is 23.2 Å². The van der Waals surface area contributed by atoms with E-state index in [4.69, 9.17) is 33.0 Å². The monoisotopic (exact) mass is 758 g/mol. The molecule has 0 aliphatic heterocycles. The molecule has 1 fully saturated rings. The highest BCUT2D eigenvalue weighted by Gasteiger charge is 2.41. The minimum atomic E-state index is -0.909. The third kappa shape index (κ3) is 7.61. The number of halogens is 2. The largest absolute Gasteiger partial charge is 0.444 e. The third-order valence-electron chi connectivity index (χ3n) is 10.2. The number of alkyl carbamates (subject to hydrolysis) is 1. The van der Waals surface area contributed by atoms with E-state index in [-0.39, 0.29) is 17.7 Å². The summed E-state index contributed by atoms with van der Waals surface area (Å²) in [6.45, 7) is 6.06. The number of nitrogens with one attached hydrogen (secondary N) is 2. The third-order valence-corrected chi connectivity index (χ3v) is 10.8. The van der Waals surface area contributed by atoms with E-state index in [0.717, 1.165) is 46.0 Å². The maximum absolute atomic E-state index is 14.2. The Kier molecular flexibility index (Phi) is 10.8. The number of amides is 2. The Labute approximate surface area is 326 Å². The topological polar surface area (TPSA) is 85.2 Å². The summed E-state index contributed by atoms with van der Waals surface area (Å²) >= 11 is 13.5. The Hall–Kier alpha value is -5.11. The van der Waals surface area contributed by atoms with Crippen LogP contribution in [0.4, 0.5) is 10.6 Å². The standard InChI is InChI=1S/C45H44Cl2N4O3/c1-44(2,3)54-43(53)48-29-30-22-24-31(25-23-30)42(52)49-41-36-28-32(40-37(46)20-13-21-38(40)47)26-27-39(36)51(50-41)45(33-14-7-4-8-15-33,34-16-9-5-10-17-34)35-18-11-6-12-19-35/h4-21,26-28,30-31H,22-25,29H2,1-3H3,(H,48,53)(H,49,50,52)/t30-,31-. The molecule has 1 aliphatic carbocycles. The van der Waals surface area contributed by atoms with Crippen LogP contribution in [0.2, 0.25) is 10.0 Å². The molecule has 0 saturated heterocycles. The maximum atomic E-state index is 14.2. The van der Waals surface area contributed by atoms with E-state index in [1.54, 1.807) is 0 Å². The fraction of sp³-hybridized carbons (Fsp3) is 0.267. The lowest BCUT2D eigenvalue weighted by Gasteiger charge is -2.37. The zero-order valence-corrected chi connectivity index (χ0v) is 32.2. The van der Waals surface area contributed by atoms with Crippen LogP contribution in [-0.2, 0) is 15.1 Å². The smallest absolute Gasteiger partial charge is 0.407 e. The van der Waals surface area contributed by atoms with Crippen LogP contribution in [0.3, 0.4) is 0 Å². The molecule has 2 N–H and O–H groups in total. The molecule has 9 heteroatoms. The van der Waals surface area contributed by atoms with Crippen LogP contribution in [0.15, 0.2) is 127 Å². The lowest BCUT2D eigenvalue weighted by Crippen LogP contribution is -2.38. The van der Waals surface area contributed by atoms with E-state index < -0.39 is 17.2 Å². The molecule has 0 atom stereocenters. The van der Waals surface area contributed by atoms with Crippen molar-refractivity contribution >= 4 is 51.9 Å². The zero-order valence-electron chi connectivity index (χ0n) is 30.7. The van der Waals surface area contributed by atoms with Gasteiger partial charge < -0.3 is 15.4 Å². The van der Waals surface area contributed by atoms with Crippen LogP contribution in [0.5, 0.6) is 0 Å². The predicted molar refractivity (Wildman–Crippen MR) is 218 cm³/mol. The second kappa shape index (κ2) is 15.7. The van der Waals surface area contributed by atoms with Gasteiger partial charge in [-0.15, -0.1) is 0 Å². The summed E-state index contributed by atoms with van der Waals surface area (Å²) in [5.41, 5.74) is 3.94. The summed E-state index contributed by atoms with van der Waals surface area (Å²) in [5.74, 6) is 0.450. The van der Waals surface area contributed by atoms with Gasteiger partial charge in [-0.05, 0) is 98.9 Å². The summed E-state index contributed by atoms with van der Waals surface area (Å²) in [7, 11) is 0. The highest BCUT2D eigenvalue weighted by atomic mass is 35.5. The van der Waals surface area contributed by atoms with Crippen molar-refractivity contribution in [2.24, 2.45) is 11.8 Å². The molecular formula is C45H44Cl2N4O3. The first-order valence-corrected chi connectivity index (χ1v) is 19.2. The van der Waals surface area contributed by atoms with Gasteiger partial charge >= 0.3 is 6.09 Å². The minimum absolute atomic E-state index is 0.0778. The van der Waals surface area contributed by atoms with Crippen molar-refractivity contribution in [3.63, 3.8) is 0 Å². The number of carbonyl (C=O) groups is 2. The second-order valence-electron chi connectivity index (χ2n) is 15.0. The maximum Gasteiger partial charge on any atom is 0.407 e. The van der Waals surface area contributed by atoms with Gasteiger partial charge in [0.1, 0.15) is 11.1 Å². The van der Waals surface area contributed by atoms with Crippen molar-refractivity contribution in [1.29, 1.82) is 0 Å². The minimum Gasteiger partial charge on any atom is -0.444 e. The number of aromatic nitrogens is 2. The Balaban J connectivity index is 1.31. The van der Waals surface area contributed by atoms with Crippen LogP contribution in [0.1, 0.15) is 63.1 Å². The van der Waals surface area contributed by atoms with Crippen LogP contribution in [0, 0.1) is 11.8 Å².